The molecule has 2 nitrogen and oxygen atoms in total. The molecule has 4 heteroatoms. The van der Waals surface area contributed by atoms with E-state index in [0.29, 0.717) is 6.42 Å². The summed E-state index contributed by atoms with van der Waals surface area (Å²) in [5, 5.41) is 3.57. The molecule has 0 atom stereocenters. The van der Waals surface area contributed by atoms with Gasteiger partial charge in [0.15, 0.2) is 0 Å². The number of aryl methyl sites for hydroxylation is 1. The number of terminal acetylenes is 1. The van der Waals surface area contributed by atoms with Crippen molar-refractivity contribution in [3.05, 3.63) is 63.6 Å². The van der Waals surface area contributed by atoms with Crippen LogP contribution in [0.25, 0.3) is 10.6 Å². The number of benzene rings is 1. The molecule has 0 amide bonds. The van der Waals surface area contributed by atoms with Crippen LogP contribution in [-0.2, 0) is 19.3 Å². The third-order valence-corrected chi connectivity index (χ3v) is 5.67. The molecule has 1 aliphatic rings. The normalized spacial score (nSPS) is 12.6. The van der Waals surface area contributed by atoms with Crippen molar-refractivity contribution in [2.75, 3.05) is 5.32 Å². The number of anilines is 2. The highest BCUT2D eigenvalue weighted by Crippen LogP contribution is 2.36. The Labute approximate surface area is 156 Å². The standard InChI is InChI=1S/C21H17ClN2S/c1-2-4-14-7-9-15(10-8-14)23-18-13-19(20-11-12-21(22)25-20)24-17-6-3-5-16(17)18/h1,7-13H,3-6H2,(H,23,24). The SMILES string of the molecule is C#CCc1ccc(Nc2cc(-c3ccc(Cl)s3)nc3c2CCC3)cc1. The number of hydrogen-bond donors (Lipinski definition) is 1. The number of fused-ring (bicyclic) bond motifs is 1. The summed E-state index contributed by atoms with van der Waals surface area (Å²) in [5.74, 6) is 2.68. The van der Waals surface area contributed by atoms with Crippen molar-refractivity contribution in [2.45, 2.75) is 25.7 Å². The molecule has 0 spiro atoms. The number of aromatic nitrogens is 1. The second-order valence-electron chi connectivity index (χ2n) is 6.14. The van der Waals surface area contributed by atoms with Crippen LogP contribution in [0.15, 0.2) is 42.5 Å². The van der Waals surface area contributed by atoms with E-state index in [1.165, 1.54) is 11.3 Å². The van der Waals surface area contributed by atoms with Gasteiger partial charge in [-0.2, -0.15) is 0 Å². The summed E-state index contributed by atoms with van der Waals surface area (Å²) < 4.78 is 0.788. The first-order chi connectivity index (χ1) is 12.2. The van der Waals surface area contributed by atoms with Crippen molar-refractivity contribution in [3.63, 3.8) is 0 Å². The van der Waals surface area contributed by atoms with Crippen molar-refractivity contribution in [3.8, 4) is 22.9 Å². The highest BCUT2D eigenvalue weighted by Gasteiger charge is 2.19. The third-order valence-electron chi connectivity index (χ3n) is 4.42. The number of halogens is 1. The number of hydrogen-bond acceptors (Lipinski definition) is 3. The van der Waals surface area contributed by atoms with Gasteiger partial charge in [0.25, 0.3) is 0 Å². The predicted molar refractivity (Wildman–Crippen MR) is 107 cm³/mol. The zero-order valence-electron chi connectivity index (χ0n) is 13.7. The molecule has 0 saturated heterocycles. The Morgan fingerprint density at radius 1 is 1.16 bits per heavy atom. The Morgan fingerprint density at radius 3 is 2.72 bits per heavy atom. The second kappa shape index (κ2) is 6.92. The summed E-state index contributed by atoms with van der Waals surface area (Å²) in [7, 11) is 0. The molecule has 0 radical (unpaired) electrons. The molecule has 2 heterocycles. The number of nitrogens with zero attached hydrogens (tertiary/aromatic N) is 1. The molecule has 0 bridgehead atoms. The molecular formula is C21H17ClN2S. The predicted octanol–water partition coefficient (Wildman–Crippen LogP) is 5.87. The van der Waals surface area contributed by atoms with E-state index < -0.39 is 0 Å². The average Bonchev–Trinajstić information content (AvgIpc) is 3.25. The first kappa shape index (κ1) is 16.2. The molecule has 0 unspecified atom stereocenters. The van der Waals surface area contributed by atoms with Crippen LogP contribution >= 0.6 is 22.9 Å². The van der Waals surface area contributed by atoms with Crippen LogP contribution < -0.4 is 5.32 Å². The molecule has 0 saturated carbocycles. The van der Waals surface area contributed by atoms with Gasteiger partial charge in [0.2, 0.25) is 0 Å². The Bertz CT molecular complexity index is 951. The molecular weight excluding hydrogens is 348 g/mol. The highest BCUT2D eigenvalue weighted by atomic mass is 35.5. The minimum absolute atomic E-state index is 0.661. The first-order valence-electron chi connectivity index (χ1n) is 8.31. The minimum atomic E-state index is 0.661. The van der Waals surface area contributed by atoms with Gasteiger partial charge in [-0.25, -0.2) is 0 Å². The van der Waals surface area contributed by atoms with Crippen LogP contribution in [0.3, 0.4) is 0 Å². The minimum Gasteiger partial charge on any atom is -0.355 e. The van der Waals surface area contributed by atoms with Gasteiger partial charge in [0.1, 0.15) is 0 Å². The fourth-order valence-electron chi connectivity index (χ4n) is 3.21. The molecule has 0 fully saturated rings. The number of rotatable bonds is 4. The van der Waals surface area contributed by atoms with E-state index in [2.05, 4.69) is 41.6 Å². The van der Waals surface area contributed by atoms with Gasteiger partial charge < -0.3 is 5.32 Å². The fraction of sp³-hybridized carbons (Fsp3) is 0.190. The molecule has 3 aromatic rings. The van der Waals surface area contributed by atoms with Gasteiger partial charge in [0, 0.05) is 23.5 Å². The molecule has 1 aliphatic carbocycles. The quantitative estimate of drug-likeness (QED) is 0.585. The monoisotopic (exact) mass is 364 g/mol. The maximum atomic E-state index is 6.10. The average molecular weight is 365 g/mol. The number of thiophene rings is 1. The molecule has 25 heavy (non-hydrogen) atoms. The molecule has 124 valence electrons. The summed E-state index contributed by atoms with van der Waals surface area (Å²) in [5.41, 5.74) is 6.89. The van der Waals surface area contributed by atoms with E-state index in [1.807, 2.05) is 12.1 Å². The van der Waals surface area contributed by atoms with Crippen LogP contribution in [0.5, 0.6) is 0 Å². The highest BCUT2D eigenvalue weighted by molar-refractivity contribution is 7.19. The Kier molecular flexibility index (Phi) is 4.48. The van der Waals surface area contributed by atoms with Crippen molar-refractivity contribution in [2.24, 2.45) is 0 Å². The van der Waals surface area contributed by atoms with Crippen LogP contribution in [0.2, 0.25) is 4.34 Å². The first-order valence-corrected chi connectivity index (χ1v) is 9.50. The molecule has 0 aliphatic heterocycles. The number of pyridine rings is 1. The summed E-state index contributed by atoms with van der Waals surface area (Å²) in [6, 6.07) is 14.4. The van der Waals surface area contributed by atoms with Gasteiger partial charge in [0.05, 0.1) is 14.9 Å². The van der Waals surface area contributed by atoms with E-state index in [0.717, 1.165) is 51.1 Å². The van der Waals surface area contributed by atoms with Crippen LogP contribution in [0.1, 0.15) is 23.2 Å². The lowest BCUT2D eigenvalue weighted by atomic mass is 10.1. The second-order valence-corrected chi connectivity index (χ2v) is 7.86. The molecule has 1 aromatic carbocycles. The van der Waals surface area contributed by atoms with Gasteiger partial charge in [-0.05, 0) is 60.7 Å². The van der Waals surface area contributed by atoms with E-state index >= 15 is 0 Å². The lowest BCUT2D eigenvalue weighted by Crippen LogP contribution is -1.99. The molecule has 2 aromatic heterocycles. The van der Waals surface area contributed by atoms with E-state index in [9.17, 15) is 0 Å². The van der Waals surface area contributed by atoms with Gasteiger partial charge >= 0.3 is 0 Å². The van der Waals surface area contributed by atoms with Gasteiger partial charge in [-0.3, -0.25) is 4.98 Å². The van der Waals surface area contributed by atoms with Crippen molar-refractivity contribution < 1.29 is 0 Å². The van der Waals surface area contributed by atoms with Gasteiger partial charge in [-0.15, -0.1) is 23.7 Å². The van der Waals surface area contributed by atoms with Crippen molar-refractivity contribution in [1.29, 1.82) is 0 Å². The smallest absolute Gasteiger partial charge is 0.0935 e. The summed E-state index contributed by atoms with van der Waals surface area (Å²) in [4.78, 5) is 5.97. The van der Waals surface area contributed by atoms with Crippen molar-refractivity contribution in [1.82, 2.24) is 4.98 Å². The molecule has 1 N–H and O–H groups in total. The summed E-state index contributed by atoms with van der Waals surface area (Å²) in [6.45, 7) is 0. The van der Waals surface area contributed by atoms with E-state index in [1.54, 1.807) is 11.3 Å². The largest absolute Gasteiger partial charge is 0.355 e. The van der Waals surface area contributed by atoms with Crippen molar-refractivity contribution >= 4 is 34.3 Å². The van der Waals surface area contributed by atoms with E-state index in [-0.39, 0.29) is 0 Å². The molecule has 4 rings (SSSR count). The van der Waals surface area contributed by atoms with Crippen LogP contribution in [0.4, 0.5) is 11.4 Å². The van der Waals surface area contributed by atoms with Crippen LogP contribution in [-0.4, -0.2) is 4.98 Å². The summed E-state index contributed by atoms with van der Waals surface area (Å²) >= 11 is 7.66. The lowest BCUT2D eigenvalue weighted by Gasteiger charge is -2.13. The maximum absolute atomic E-state index is 6.10. The fourth-order valence-corrected chi connectivity index (χ4v) is 4.22. The zero-order chi connectivity index (χ0) is 17.2. The lowest BCUT2D eigenvalue weighted by molar-refractivity contribution is 0.900. The number of nitrogens with one attached hydrogen (secondary N) is 1. The maximum Gasteiger partial charge on any atom is 0.0935 e. The van der Waals surface area contributed by atoms with Gasteiger partial charge in [-0.1, -0.05) is 23.7 Å². The van der Waals surface area contributed by atoms with E-state index in [4.69, 9.17) is 23.0 Å². The Hall–Kier alpha value is -2.28. The Morgan fingerprint density at radius 2 is 2.00 bits per heavy atom. The Balaban J connectivity index is 1.68. The third kappa shape index (κ3) is 3.42. The zero-order valence-corrected chi connectivity index (χ0v) is 15.3. The van der Waals surface area contributed by atoms with Crippen LogP contribution in [0, 0.1) is 12.3 Å². The topological polar surface area (TPSA) is 24.9 Å². The summed E-state index contributed by atoms with van der Waals surface area (Å²) in [6.07, 6.45) is 9.31.